The number of hydrogen-bond acceptors (Lipinski definition) is 4. The highest BCUT2D eigenvalue weighted by atomic mass is 32.2. The molecule has 0 spiro atoms. The monoisotopic (exact) mass is 426 g/mol. The van der Waals surface area contributed by atoms with Gasteiger partial charge in [0.1, 0.15) is 0 Å². The van der Waals surface area contributed by atoms with Gasteiger partial charge in [-0.05, 0) is 47.9 Å². The molecule has 0 amide bonds. The number of unbranched alkanes of at least 4 members (excludes halogenated alkanes) is 1. The third kappa shape index (κ3) is 5.88. The summed E-state index contributed by atoms with van der Waals surface area (Å²) in [4.78, 5) is -0.115. The second-order valence-electron chi connectivity index (χ2n) is 7.11. The van der Waals surface area contributed by atoms with E-state index in [2.05, 4.69) is 0 Å². The normalized spacial score (nSPS) is 14.6. The van der Waals surface area contributed by atoms with E-state index in [1.807, 2.05) is 13.8 Å². The van der Waals surface area contributed by atoms with Crippen molar-refractivity contribution in [2.45, 2.75) is 61.2 Å². The van der Waals surface area contributed by atoms with Crippen LogP contribution in [-0.2, 0) is 20.2 Å². The maximum absolute atomic E-state index is 11.5. The van der Waals surface area contributed by atoms with Crippen LogP contribution in [0.3, 0.4) is 0 Å². The molecule has 0 saturated heterocycles. The van der Waals surface area contributed by atoms with Crippen LogP contribution in [0.4, 0.5) is 0 Å². The fourth-order valence-corrected chi connectivity index (χ4v) is 5.09. The smallest absolute Gasteiger partial charge is 0.282 e. The van der Waals surface area contributed by atoms with Crippen molar-refractivity contribution in [3.63, 3.8) is 0 Å². The second-order valence-corrected chi connectivity index (χ2v) is 9.89. The summed E-state index contributed by atoms with van der Waals surface area (Å²) in [6, 6.07) is 12.9. The van der Waals surface area contributed by atoms with Gasteiger partial charge >= 0.3 is 0 Å². The van der Waals surface area contributed by atoms with Crippen molar-refractivity contribution >= 4 is 20.2 Å². The van der Waals surface area contributed by atoms with Crippen LogP contribution in [0.25, 0.3) is 0 Å². The van der Waals surface area contributed by atoms with Gasteiger partial charge in [-0.25, -0.2) is 0 Å². The molecule has 2 N–H and O–H groups in total. The molecular weight excluding hydrogens is 400 g/mol. The highest BCUT2D eigenvalue weighted by Crippen LogP contribution is 2.31. The summed E-state index contributed by atoms with van der Waals surface area (Å²) >= 11 is 0. The van der Waals surface area contributed by atoms with Crippen LogP contribution in [0.15, 0.2) is 58.3 Å². The molecule has 2 aromatic carbocycles. The molecule has 0 aromatic heterocycles. The van der Waals surface area contributed by atoms with Gasteiger partial charge in [-0.15, -0.1) is 0 Å². The molecule has 2 aromatic rings. The first-order chi connectivity index (χ1) is 13.0. The Balaban J connectivity index is 1.97. The summed E-state index contributed by atoms with van der Waals surface area (Å²) in [6.45, 7) is 3.84. The van der Waals surface area contributed by atoms with E-state index >= 15 is 0 Å². The van der Waals surface area contributed by atoms with Crippen LogP contribution in [-0.4, -0.2) is 25.9 Å². The first kappa shape index (κ1) is 22.5. The molecule has 0 radical (unpaired) electrons. The molecular formula is C20H26O6S2. The lowest BCUT2D eigenvalue weighted by Gasteiger charge is -2.17. The van der Waals surface area contributed by atoms with Crippen LogP contribution in [0.2, 0.25) is 0 Å². The van der Waals surface area contributed by atoms with Gasteiger partial charge in [0.2, 0.25) is 0 Å². The summed E-state index contributed by atoms with van der Waals surface area (Å²) in [6.07, 6.45) is 3.11. The number of hydrogen-bond donors (Lipinski definition) is 2. The van der Waals surface area contributed by atoms with Gasteiger partial charge in [-0.2, -0.15) is 16.8 Å². The Bertz CT molecular complexity index is 929. The van der Waals surface area contributed by atoms with E-state index in [1.54, 1.807) is 36.4 Å². The Morgan fingerprint density at radius 3 is 1.32 bits per heavy atom. The average Bonchev–Trinajstić information content (AvgIpc) is 2.63. The van der Waals surface area contributed by atoms with Crippen LogP contribution in [0, 0.1) is 0 Å². The summed E-state index contributed by atoms with van der Waals surface area (Å²) in [7, 11) is -8.52. The minimum absolute atomic E-state index is 0.0430. The Kier molecular flexibility index (Phi) is 7.39. The average molecular weight is 427 g/mol. The Hall–Kier alpha value is -1.74. The van der Waals surface area contributed by atoms with Gasteiger partial charge in [0.05, 0.1) is 9.79 Å². The molecule has 0 bridgehead atoms. The SMILES string of the molecule is CC(CCCCC(C)c1ccccc1S(=O)(=O)O)c1ccccc1S(=O)(=O)O. The summed E-state index contributed by atoms with van der Waals surface area (Å²) in [5.41, 5.74) is 1.18. The van der Waals surface area contributed by atoms with E-state index in [0.717, 1.165) is 25.7 Å². The molecule has 0 aliphatic heterocycles. The maximum atomic E-state index is 11.5. The minimum Gasteiger partial charge on any atom is -0.282 e. The predicted octanol–water partition coefficient (Wildman–Crippen LogP) is 4.65. The zero-order valence-corrected chi connectivity index (χ0v) is 17.6. The van der Waals surface area contributed by atoms with Crippen molar-refractivity contribution in [3.8, 4) is 0 Å². The molecule has 154 valence electrons. The zero-order valence-electron chi connectivity index (χ0n) is 15.9. The third-order valence-electron chi connectivity index (χ3n) is 4.98. The van der Waals surface area contributed by atoms with Crippen molar-refractivity contribution in [2.75, 3.05) is 0 Å². The highest BCUT2D eigenvalue weighted by molar-refractivity contribution is 7.86. The van der Waals surface area contributed by atoms with Crippen molar-refractivity contribution in [1.82, 2.24) is 0 Å². The lowest BCUT2D eigenvalue weighted by Crippen LogP contribution is -2.07. The fourth-order valence-electron chi connectivity index (χ4n) is 3.46. The van der Waals surface area contributed by atoms with Crippen LogP contribution in [0.1, 0.15) is 62.5 Å². The van der Waals surface area contributed by atoms with Crippen molar-refractivity contribution in [1.29, 1.82) is 0 Å². The first-order valence-electron chi connectivity index (χ1n) is 9.14. The predicted molar refractivity (Wildman–Crippen MR) is 108 cm³/mol. The molecule has 8 heteroatoms. The molecule has 0 aliphatic rings. The standard InChI is InChI=1S/C20H26O6S2/c1-15(17-11-5-7-13-19(17)27(21,22)23)9-3-4-10-16(2)18-12-6-8-14-20(18)28(24,25)26/h5-8,11-16H,3-4,9-10H2,1-2H3,(H,21,22,23)(H,24,25,26). The van der Waals surface area contributed by atoms with Crippen LogP contribution < -0.4 is 0 Å². The molecule has 2 atom stereocenters. The Morgan fingerprint density at radius 2 is 1.00 bits per heavy atom. The number of benzene rings is 2. The quantitative estimate of drug-likeness (QED) is 0.446. The minimum atomic E-state index is -4.26. The third-order valence-corrected chi connectivity index (χ3v) is 6.84. The topological polar surface area (TPSA) is 109 Å². The van der Waals surface area contributed by atoms with Crippen molar-refractivity contribution < 1.29 is 25.9 Å². The van der Waals surface area contributed by atoms with E-state index in [9.17, 15) is 25.9 Å². The maximum Gasteiger partial charge on any atom is 0.294 e. The molecule has 2 unspecified atom stereocenters. The lowest BCUT2D eigenvalue weighted by molar-refractivity contribution is 0.475. The molecule has 0 fully saturated rings. The van der Waals surface area contributed by atoms with E-state index in [-0.39, 0.29) is 21.6 Å². The molecule has 2 rings (SSSR count). The van der Waals surface area contributed by atoms with E-state index in [0.29, 0.717) is 11.1 Å². The summed E-state index contributed by atoms with van der Waals surface area (Å²) < 4.78 is 64.9. The molecule has 0 saturated carbocycles. The van der Waals surface area contributed by atoms with Gasteiger partial charge in [0.25, 0.3) is 20.2 Å². The van der Waals surface area contributed by atoms with Gasteiger partial charge in [-0.1, -0.05) is 63.1 Å². The van der Waals surface area contributed by atoms with Crippen LogP contribution in [0.5, 0.6) is 0 Å². The van der Waals surface area contributed by atoms with Crippen molar-refractivity contribution in [2.24, 2.45) is 0 Å². The van der Waals surface area contributed by atoms with Gasteiger partial charge in [0, 0.05) is 0 Å². The molecule has 0 aliphatic carbocycles. The zero-order chi connectivity index (χ0) is 20.9. The fraction of sp³-hybridized carbons (Fsp3) is 0.400. The molecule has 28 heavy (non-hydrogen) atoms. The van der Waals surface area contributed by atoms with Gasteiger partial charge in [0.15, 0.2) is 0 Å². The van der Waals surface area contributed by atoms with E-state index < -0.39 is 20.2 Å². The van der Waals surface area contributed by atoms with Gasteiger partial charge in [-0.3, -0.25) is 9.11 Å². The first-order valence-corrected chi connectivity index (χ1v) is 12.0. The molecule has 6 nitrogen and oxygen atoms in total. The summed E-state index contributed by atoms with van der Waals surface area (Å²) in [5.74, 6) is -0.0860. The Labute approximate surface area is 167 Å². The van der Waals surface area contributed by atoms with Gasteiger partial charge < -0.3 is 0 Å². The molecule has 0 heterocycles. The van der Waals surface area contributed by atoms with Crippen molar-refractivity contribution in [3.05, 3.63) is 59.7 Å². The van der Waals surface area contributed by atoms with E-state index in [1.165, 1.54) is 12.1 Å². The van der Waals surface area contributed by atoms with E-state index in [4.69, 9.17) is 0 Å². The Morgan fingerprint density at radius 1 is 0.679 bits per heavy atom. The number of rotatable bonds is 9. The van der Waals surface area contributed by atoms with Crippen LogP contribution >= 0.6 is 0 Å². The largest absolute Gasteiger partial charge is 0.294 e. The highest BCUT2D eigenvalue weighted by Gasteiger charge is 2.20. The second kappa shape index (κ2) is 9.17. The summed E-state index contributed by atoms with van der Waals surface area (Å²) in [5, 5.41) is 0. The lowest BCUT2D eigenvalue weighted by atomic mass is 9.91.